The number of hydrogen-bond acceptors (Lipinski definition) is 13. The molecule has 5 rings (SSSR count). The molecule has 0 saturated carbocycles. The van der Waals surface area contributed by atoms with Crippen molar-refractivity contribution in [1.29, 1.82) is 0 Å². The van der Waals surface area contributed by atoms with Crippen LogP contribution in [-0.4, -0.2) is 58.5 Å². The summed E-state index contributed by atoms with van der Waals surface area (Å²) in [7, 11) is 0. The zero-order valence-electron chi connectivity index (χ0n) is 34.4. The number of aromatic nitrogens is 6. The van der Waals surface area contributed by atoms with Gasteiger partial charge in [-0.1, -0.05) is 25.7 Å². The van der Waals surface area contributed by atoms with Crippen molar-refractivity contribution in [2.75, 3.05) is 6.54 Å². The molecule has 19 nitrogen and oxygen atoms in total. The molecule has 19 heteroatoms. The number of aldehydes is 1. The lowest BCUT2D eigenvalue weighted by atomic mass is 10.1. The van der Waals surface area contributed by atoms with Crippen molar-refractivity contribution in [1.82, 2.24) is 27.4 Å². The topological polar surface area (TPSA) is 237 Å². The van der Waals surface area contributed by atoms with E-state index < -0.39 is 34.1 Å². The van der Waals surface area contributed by atoms with Crippen LogP contribution in [0.25, 0.3) is 17.1 Å². The van der Waals surface area contributed by atoms with Crippen molar-refractivity contribution < 1.29 is 19.2 Å². The Bertz CT molecular complexity index is 3040. The standard InChI is InChI=1S/C43H43N9O10/c1-29-22-33(13-12-32(29)25-53)51-41(60)49(42(61)52(43(51)62)35-15-17-37(46-28-56)31(3)24-35)21-11-7-6-10-20-48-38(57)47(19-9-5-4-8-18-44-26-54)39(58)50(40(48)59)34-14-16-36(45-27-55)30(2)23-34/h12-17,22-25H,4-11,18-21H2,1-3H3. The number of unbranched alkanes of at least 4 members (excludes halogenated alkanes) is 6. The third-order valence-corrected chi connectivity index (χ3v) is 10.4. The molecule has 0 aliphatic carbocycles. The van der Waals surface area contributed by atoms with Gasteiger partial charge in [-0.3, -0.25) is 4.79 Å². The molecule has 0 N–H and O–H groups in total. The predicted octanol–water partition coefficient (Wildman–Crippen LogP) is 3.45. The van der Waals surface area contributed by atoms with Gasteiger partial charge >= 0.3 is 34.1 Å². The summed E-state index contributed by atoms with van der Waals surface area (Å²) in [6.07, 6.45) is 8.83. The fraction of sp³-hybridized carbons (Fsp3) is 0.349. The van der Waals surface area contributed by atoms with Gasteiger partial charge in [-0.25, -0.2) is 75.5 Å². The summed E-state index contributed by atoms with van der Waals surface area (Å²) < 4.78 is 5.49. The summed E-state index contributed by atoms with van der Waals surface area (Å²) in [6.45, 7) is 5.07. The van der Waals surface area contributed by atoms with E-state index in [2.05, 4.69) is 15.0 Å². The molecule has 0 fully saturated rings. The molecule has 0 unspecified atom stereocenters. The quantitative estimate of drug-likeness (QED) is 0.0479. The Labute approximate surface area is 351 Å². The van der Waals surface area contributed by atoms with Gasteiger partial charge in [0.25, 0.3) is 0 Å². The maximum absolute atomic E-state index is 13.9. The maximum atomic E-state index is 13.9. The van der Waals surface area contributed by atoms with Gasteiger partial charge in [0.15, 0.2) is 0 Å². The summed E-state index contributed by atoms with van der Waals surface area (Å²) >= 11 is 0. The average molecular weight is 846 g/mol. The summed E-state index contributed by atoms with van der Waals surface area (Å²) in [5.74, 6) is 0. The second-order valence-corrected chi connectivity index (χ2v) is 14.5. The number of carbonyl (C=O) groups excluding carboxylic acids is 4. The van der Waals surface area contributed by atoms with Crippen molar-refractivity contribution in [3.63, 3.8) is 0 Å². The van der Waals surface area contributed by atoms with Crippen LogP contribution < -0.4 is 34.1 Å². The van der Waals surface area contributed by atoms with Crippen LogP contribution in [0.4, 0.5) is 11.4 Å². The zero-order valence-corrected chi connectivity index (χ0v) is 34.4. The molecular formula is C43H43N9O10. The summed E-state index contributed by atoms with van der Waals surface area (Å²) in [4.78, 5) is 137. The highest BCUT2D eigenvalue weighted by Crippen LogP contribution is 2.21. The average Bonchev–Trinajstić information content (AvgIpc) is 3.24. The number of rotatable bonds is 20. The molecule has 5 aromatic rings. The van der Waals surface area contributed by atoms with E-state index in [1.165, 1.54) is 72.8 Å². The fourth-order valence-corrected chi connectivity index (χ4v) is 7.05. The van der Waals surface area contributed by atoms with Crippen molar-refractivity contribution in [3.8, 4) is 17.1 Å². The molecule has 2 heterocycles. The molecule has 0 aliphatic heterocycles. The molecule has 62 heavy (non-hydrogen) atoms. The molecule has 0 atom stereocenters. The van der Waals surface area contributed by atoms with E-state index in [9.17, 15) is 47.9 Å². The molecule has 0 amide bonds. The number of isocyanates is 3. The third kappa shape index (κ3) is 10.00. The number of aliphatic imine (C=N–C) groups is 3. The molecule has 2 aromatic heterocycles. The van der Waals surface area contributed by atoms with E-state index in [0.717, 1.165) is 27.4 Å². The minimum absolute atomic E-state index is 0.0209. The van der Waals surface area contributed by atoms with Crippen molar-refractivity contribution in [2.24, 2.45) is 15.0 Å². The normalized spacial score (nSPS) is 10.8. The third-order valence-electron chi connectivity index (χ3n) is 10.4. The van der Waals surface area contributed by atoms with Crippen LogP contribution in [0, 0.1) is 20.8 Å². The van der Waals surface area contributed by atoms with Crippen LogP contribution in [0.15, 0.2) is 98.3 Å². The minimum Gasteiger partial charge on any atom is -0.298 e. The van der Waals surface area contributed by atoms with Crippen LogP contribution in [0.3, 0.4) is 0 Å². The highest BCUT2D eigenvalue weighted by atomic mass is 16.2. The Morgan fingerprint density at radius 1 is 0.468 bits per heavy atom. The SMILES string of the molecule is Cc1cc(-n2c(=O)n(CCCCCCn3c(=O)n(CCCCCCN=C=O)c(=O)n(-c4ccc(N=C=O)c(C)c4)c3=O)c(=O)n(-c3ccc(N=C=O)c(C)c3)c2=O)ccc1C=O. The van der Waals surface area contributed by atoms with Gasteiger partial charge in [0.05, 0.1) is 35.0 Å². The summed E-state index contributed by atoms with van der Waals surface area (Å²) in [6, 6.07) is 13.1. The number of benzene rings is 3. The lowest BCUT2D eigenvalue weighted by Crippen LogP contribution is -2.54. The maximum Gasteiger partial charge on any atom is 0.345 e. The van der Waals surface area contributed by atoms with Crippen LogP contribution in [0.1, 0.15) is 78.4 Å². The van der Waals surface area contributed by atoms with Crippen molar-refractivity contribution in [3.05, 3.63) is 140 Å². The van der Waals surface area contributed by atoms with Gasteiger partial charge in [-0.05, 0) is 118 Å². The smallest absolute Gasteiger partial charge is 0.298 e. The summed E-state index contributed by atoms with van der Waals surface area (Å²) in [5, 5.41) is 0. The molecule has 0 aliphatic rings. The van der Waals surface area contributed by atoms with E-state index in [1.54, 1.807) is 20.8 Å². The monoisotopic (exact) mass is 845 g/mol. The number of aryl methyl sites for hydroxylation is 3. The Morgan fingerprint density at radius 2 is 0.855 bits per heavy atom. The number of carbonyl (C=O) groups is 1. The van der Waals surface area contributed by atoms with E-state index >= 15 is 0 Å². The molecular weight excluding hydrogens is 803 g/mol. The van der Waals surface area contributed by atoms with E-state index in [4.69, 9.17) is 0 Å². The molecule has 0 spiro atoms. The van der Waals surface area contributed by atoms with E-state index in [0.29, 0.717) is 85.7 Å². The molecule has 320 valence electrons. The fourth-order valence-electron chi connectivity index (χ4n) is 7.05. The van der Waals surface area contributed by atoms with Gasteiger partial charge in [0.2, 0.25) is 18.2 Å². The first kappa shape index (κ1) is 45.4. The molecule has 0 bridgehead atoms. The first-order valence-corrected chi connectivity index (χ1v) is 19.8. The van der Waals surface area contributed by atoms with Crippen LogP contribution in [-0.2, 0) is 34.0 Å². The Balaban J connectivity index is 1.42. The van der Waals surface area contributed by atoms with Crippen molar-refractivity contribution in [2.45, 2.75) is 91.8 Å². The van der Waals surface area contributed by atoms with Crippen molar-refractivity contribution >= 4 is 35.9 Å². The van der Waals surface area contributed by atoms with Gasteiger partial charge in [-0.2, -0.15) is 9.98 Å². The Morgan fingerprint density at radius 3 is 1.24 bits per heavy atom. The number of nitrogens with zero attached hydrogens (tertiary/aromatic N) is 9. The molecule has 3 aromatic carbocycles. The molecule has 0 saturated heterocycles. The first-order chi connectivity index (χ1) is 29.9. The summed E-state index contributed by atoms with van der Waals surface area (Å²) in [5.41, 5.74) is -2.46. The van der Waals surface area contributed by atoms with Crippen LogP contribution >= 0.6 is 0 Å². The second-order valence-electron chi connectivity index (χ2n) is 14.5. The lowest BCUT2D eigenvalue weighted by molar-refractivity contribution is 0.112. The lowest BCUT2D eigenvalue weighted by Gasteiger charge is -2.16. The van der Waals surface area contributed by atoms with Gasteiger partial charge in [-0.15, -0.1) is 0 Å². The van der Waals surface area contributed by atoms with E-state index in [1.807, 2.05) is 0 Å². The predicted molar refractivity (Wildman–Crippen MR) is 228 cm³/mol. The Kier molecular flexibility index (Phi) is 15.4. The highest BCUT2D eigenvalue weighted by Gasteiger charge is 2.20. The van der Waals surface area contributed by atoms with Gasteiger partial charge in [0.1, 0.15) is 6.29 Å². The minimum atomic E-state index is -0.956. The highest BCUT2D eigenvalue weighted by molar-refractivity contribution is 5.77. The zero-order chi connectivity index (χ0) is 44.9. The van der Waals surface area contributed by atoms with Crippen LogP contribution in [0.2, 0.25) is 0 Å². The van der Waals surface area contributed by atoms with Gasteiger partial charge in [0, 0.05) is 25.2 Å². The molecule has 0 radical (unpaired) electrons. The number of hydrogen-bond donors (Lipinski definition) is 0. The van der Waals surface area contributed by atoms with E-state index in [-0.39, 0.29) is 48.8 Å². The van der Waals surface area contributed by atoms with Gasteiger partial charge < -0.3 is 0 Å². The largest absolute Gasteiger partial charge is 0.345 e. The Hall–Kier alpha value is -7.71. The first-order valence-electron chi connectivity index (χ1n) is 19.8. The van der Waals surface area contributed by atoms with Crippen LogP contribution in [0.5, 0.6) is 0 Å². The second kappa shape index (κ2) is 21.0.